The van der Waals surface area contributed by atoms with Gasteiger partial charge in [0.2, 0.25) is 0 Å². The number of pyridine rings is 1. The van der Waals surface area contributed by atoms with Crippen LogP contribution < -0.4 is 0 Å². The monoisotopic (exact) mass is 218 g/mol. The first kappa shape index (κ1) is 10.7. The third kappa shape index (κ3) is 1.56. The van der Waals surface area contributed by atoms with Crippen LogP contribution in [0, 0.1) is 0 Å². The highest BCUT2D eigenvalue weighted by atomic mass is 16.4. The fourth-order valence-corrected chi connectivity index (χ4v) is 1.83. The quantitative estimate of drug-likeness (QED) is 0.739. The number of carboxylic acid groups (broad SMARTS) is 1. The normalized spacial score (nSPS) is 11.9. The Hall–Kier alpha value is -1.84. The zero-order valence-electron chi connectivity index (χ0n) is 9.56. The van der Waals surface area contributed by atoms with Gasteiger partial charge < -0.3 is 5.11 Å². The van der Waals surface area contributed by atoms with Crippen LogP contribution in [0.5, 0.6) is 0 Å². The lowest BCUT2D eigenvalue weighted by molar-refractivity contribution is 0.197. The summed E-state index contributed by atoms with van der Waals surface area (Å²) in [7, 11) is 0. The molecule has 0 aliphatic rings. The van der Waals surface area contributed by atoms with Gasteiger partial charge in [-0.15, -0.1) is 0 Å². The Morgan fingerprint density at radius 1 is 1.38 bits per heavy atom. The molecule has 0 aliphatic heterocycles. The van der Waals surface area contributed by atoms with Crippen LogP contribution in [0.25, 0.3) is 11.0 Å². The van der Waals surface area contributed by atoms with E-state index in [1.165, 1.54) is 10.8 Å². The van der Waals surface area contributed by atoms with E-state index >= 15 is 0 Å². The van der Waals surface area contributed by atoms with Crippen molar-refractivity contribution < 1.29 is 9.90 Å². The maximum atomic E-state index is 11.1. The molecule has 16 heavy (non-hydrogen) atoms. The van der Waals surface area contributed by atoms with Crippen molar-refractivity contribution in [2.24, 2.45) is 0 Å². The summed E-state index contributed by atoms with van der Waals surface area (Å²) < 4.78 is 1.23. The Bertz CT molecular complexity index is 550. The van der Waals surface area contributed by atoms with Crippen molar-refractivity contribution in [1.82, 2.24) is 9.55 Å². The van der Waals surface area contributed by atoms with Gasteiger partial charge >= 0.3 is 6.09 Å². The van der Waals surface area contributed by atoms with Gasteiger partial charge in [-0.3, -0.25) is 9.55 Å². The highest BCUT2D eigenvalue weighted by molar-refractivity contribution is 5.89. The maximum absolute atomic E-state index is 11.1. The molecule has 0 saturated carbocycles. The van der Waals surface area contributed by atoms with E-state index in [-0.39, 0.29) is 5.41 Å². The van der Waals surface area contributed by atoms with Gasteiger partial charge in [0.1, 0.15) is 0 Å². The molecular weight excluding hydrogens is 204 g/mol. The van der Waals surface area contributed by atoms with E-state index in [4.69, 9.17) is 5.11 Å². The number of fused-ring (bicyclic) bond motifs is 1. The Morgan fingerprint density at radius 2 is 2.06 bits per heavy atom. The molecule has 0 amide bonds. The second kappa shape index (κ2) is 3.33. The van der Waals surface area contributed by atoms with Gasteiger partial charge in [0.15, 0.2) is 0 Å². The molecule has 0 aliphatic carbocycles. The van der Waals surface area contributed by atoms with Gasteiger partial charge in [-0.25, -0.2) is 4.79 Å². The van der Waals surface area contributed by atoms with Crippen LogP contribution in [-0.4, -0.2) is 20.8 Å². The topological polar surface area (TPSA) is 55.1 Å². The SMILES string of the molecule is CC(C)(C)c1ccnc2ccn(C(=O)O)c12. The van der Waals surface area contributed by atoms with Crippen molar-refractivity contribution in [3.05, 3.63) is 30.1 Å². The molecule has 0 atom stereocenters. The number of rotatable bonds is 0. The molecule has 0 spiro atoms. The molecule has 0 radical (unpaired) electrons. The summed E-state index contributed by atoms with van der Waals surface area (Å²) in [6, 6.07) is 3.60. The first-order chi connectivity index (χ1) is 7.41. The fourth-order valence-electron chi connectivity index (χ4n) is 1.83. The molecule has 84 valence electrons. The third-order valence-electron chi connectivity index (χ3n) is 2.59. The summed E-state index contributed by atoms with van der Waals surface area (Å²) in [5.74, 6) is 0. The average Bonchev–Trinajstić information content (AvgIpc) is 2.58. The fraction of sp³-hybridized carbons (Fsp3) is 0.333. The molecule has 0 saturated heterocycles. The Kier molecular flexibility index (Phi) is 2.22. The van der Waals surface area contributed by atoms with E-state index in [2.05, 4.69) is 25.8 Å². The summed E-state index contributed by atoms with van der Waals surface area (Å²) in [4.78, 5) is 15.3. The molecule has 0 fully saturated rings. The Balaban J connectivity index is 2.84. The van der Waals surface area contributed by atoms with Crippen LogP contribution in [0.15, 0.2) is 24.5 Å². The number of carbonyl (C=O) groups is 1. The molecule has 2 aromatic rings. The van der Waals surface area contributed by atoms with Gasteiger partial charge in [0.25, 0.3) is 0 Å². The summed E-state index contributed by atoms with van der Waals surface area (Å²) in [6.45, 7) is 6.17. The van der Waals surface area contributed by atoms with E-state index in [0.29, 0.717) is 5.52 Å². The van der Waals surface area contributed by atoms with E-state index in [0.717, 1.165) is 11.1 Å². The summed E-state index contributed by atoms with van der Waals surface area (Å²) in [5, 5.41) is 9.10. The van der Waals surface area contributed by atoms with Crippen LogP contribution in [-0.2, 0) is 5.41 Å². The lowest BCUT2D eigenvalue weighted by atomic mass is 9.87. The predicted molar refractivity (Wildman–Crippen MR) is 61.9 cm³/mol. The van der Waals surface area contributed by atoms with Gasteiger partial charge in [0, 0.05) is 12.4 Å². The van der Waals surface area contributed by atoms with Crippen molar-refractivity contribution in [2.75, 3.05) is 0 Å². The molecule has 2 heterocycles. The van der Waals surface area contributed by atoms with Gasteiger partial charge in [-0.1, -0.05) is 20.8 Å². The summed E-state index contributed by atoms with van der Waals surface area (Å²) in [6.07, 6.45) is 2.28. The molecule has 4 heteroatoms. The van der Waals surface area contributed by atoms with Crippen molar-refractivity contribution in [3.8, 4) is 0 Å². The molecule has 0 aromatic carbocycles. The minimum atomic E-state index is -0.978. The van der Waals surface area contributed by atoms with Crippen molar-refractivity contribution in [3.63, 3.8) is 0 Å². The maximum Gasteiger partial charge on any atom is 0.416 e. The molecule has 4 nitrogen and oxygen atoms in total. The van der Waals surface area contributed by atoms with Crippen molar-refractivity contribution in [2.45, 2.75) is 26.2 Å². The van der Waals surface area contributed by atoms with E-state index in [1.54, 1.807) is 12.3 Å². The predicted octanol–water partition coefficient (Wildman–Crippen LogP) is 2.86. The second-order valence-electron chi connectivity index (χ2n) is 4.81. The van der Waals surface area contributed by atoms with Crippen molar-refractivity contribution >= 4 is 17.1 Å². The number of aromatic nitrogens is 2. The summed E-state index contributed by atoms with van der Waals surface area (Å²) >= 11 is 0. The number of hydrogen-bond donors (Lipinski definition) is 1. The standard InChI is InChI=1S/C12H14N2O2/c1-12(2,3)8-4-6-13-9-5-7-14(10(8)9)11(15)16/h4-7H,1-3H3,(H,15,16). The molecule has 0 bridgehead atoms. The van der Waals surface area contributed by atoms with Gasteiger partial charge in [-0.2, -0.15) is 0 Å². The highest BCUT2D eigenvalue weighted by Crippen LogP contribution is 2.29. The minimum Gasteiger partial charge on any atom is -0.464 e. The Morgan fingerprint density at radius 3 is 2.62 bits per heavy atom. The Labute approximate surface area is 93.5 Å². The van der Waals surface area contributed by atoms with E-state index < -0.39 is 6.09 Å². The van der Waals surface area contributed by atoms with Crippen LogP contribution in [0.2, 0.25) is 0 Å². The zero-order valence-corrected chi connectivity index (χ0v) is 9.56. The zero-order chi connectivity index (χ0) is 11.9. The van der Waals surface area contributed by atoms with Crippen LogP contribution in [0.1, 0.15) is 26.3 Å². The lowest BCUT2D eigenvalue weighted by Crippen LogP contribution is -2.15. The van der Waals surface area contributed by atoms with E-state index in [9.17, 15) is 4.79 Å². The van der Waals surface area contributed by atoms with Crippen LogP contribution in [0.4, 0.5) is 4.79 Å². The first-order valence-corrected chi connectivity index (χ1v) is 5.11. The summed E-state index contributed by atoms with van der Waals surface area (Å²) in [5.41, 5.74) is 2.29. The molecule has 1 N–H and O–H groups in total. The van der Waals surface area contributed by atoms with Crippen LogP contribution >= 0.6 is 0 Å². The van der Waals surface area contributed by atoms with E-state index in [1.807, 2.05) is 6.07 Å². The minimum absolute atomic E-state index is 0.104. The molecule has 2 aromatic heterocycles. The lowest BCUT2D eigenvalue weighted by Gasteiger charge is -2.20. The number of hydrogen-bond acceptors (Lipinski definition) is 2. The van der Waals surface area contributed by atoms with Gasteiger partial charge in [0.05, 0.1) is 11.0 Å². The average molecular weight is 218 g/mol. The smallest absolute Gasteiger partial charge is 0.416 e. The van der Waals surface area contributed by atoms with Crippen LogP contribution in [0.3, 0.4) is 0 Å². The largest absolute Gasteiger partial charge is 0.464 e. The molecular formula is C12H14N2O2. The van der Waals surface area contributed by atoms with Crippen molar-refractivity contribution in [1.29, 1.82) is 0 Å². The first-order valence-electron chi connectivity index (χ1n) is 5.11. The third-order valence-corrected chi connectivity index (χ3v) is 2.59. The second-order valence-corrected chi connectivity index (χ2v) is 4.81. The van der Waals surface area contributed by atoms with Gasteiger partial charge in [-0.05, 0) is 23.1 Å². The molecule has 0 unspecified atom stereocenters. The number of nitrogens with zero attached hydrogens (tertiary/aromatic N) is 2. The molecule has 2 rings (SSSR count). The highest BCUT2D eigenvalue weighted by Gasteiger charge is 2.20.